The number of likely N-dealkylation sites (tertiary alicyclic amines) is 1. The fraction of sp³-hybridized carbons (Fsp3) is 0.800. The first-order chi connectivity index (χ1) is 10.3. The summed E-state index contributed by atoms with van der Waals surface area (Å²) >= 11 is 0. The molecule has 2 fully saturated rings. The topological polar surface area (TPSA) is 63.1 Å². The lowest BCUT2D eigenvalue weighted by Gasteiger charge is -2.30. The van der Waals surface area contributed by atoms with Crippen molar-refractivity contribution in [2.24, 2.45) is 5.92 Å². The van der Waals surface area contributed by atoms with Crippen LogP contribution in [0.3, 0.4) is 0 Å². The zero-order valence-electron chi connectivity index (χ0n) is 13.2. The number of halogens is 1. The van der Waals surface area contributed by atoms with Crippen LogP contribution in [0.1, 0.15) is 55.6 Å². The number of nitrogens with one attached hydrogen (secondary N) is 1. The largest absolute Gasteiger partial charge is 0.337 e. The summed E-state index contributed by atoms with van der Waals surface area (Å²) in [6.07, 6.45) is 7.39. The van der Waals surface area contributed by atoms with Crippen LogP contribution >= 0.6 is 12.4 Å². The van der Waals surface area contributed by atoms with Gasteiger partial charge in [-0.1, -0.05) is 18.6 Å². The van der Waals surface area contributed by atoms with Crippen LogP contribution in [-0.4, -0.2) is 52.0 Å². The van der Waals surface area contributed by atoms with Gasteiger partial charge in [0, 0.05) is 13.1 Å². The van der Waals surface area contributed by atoms with Crippen molar-refractivity contribution in [2.75, 3.05) is 26.2 Å². The molecule has 0 saturated carbocycles. The molecule has 1 amide bonds. The number of aromatic nitrogens is 3. The molecule has 2 aliphatic rings. The van der Waals surface area contributed by atoms with Crippen molar-refractivity contribution in [2.45, 2.75) is 45.1 Å². The lowest BCUT2D eigenvalue weighted by Crippen LogP contribution is -2.38. The smallest absolute Gasteiger partial charge is 0.276 e. The minimum absolute atomic E-state index is 0. The van der Waals surface area contributed by atoms with Gasteiger partial charge in [-0.2, -0.15) is 0 Å². The van der Waals surface area contributed by atoms with Crippen LogP contribution in [0.5, 0.6) is 0 Å². The molecule has 0 spiro atoms. The second-order valence-corrected chi connectivity index (χ2v) is 6.21. The van der Waals surface area contributed by atoms with E-state index in [0.717, 1.165) is 57.8 Å². The molecule has 6 nitrogen and oxygen atoms in total. The minimum atomic E-state index is 0. The van der Waals surface area contributed by atoms with Crippen molar-refractivity contribution in [1.82, 2.24) is 25.2 Å². The summed E-state index contributed by atoms with van der Waals surface area (Å²) in [7, 11) is 0. The standard InChI is InChI=1S/C15H25N5O.ClH/c1-2-12-5-9-19(10-6-12)15(21)14-11-20(18-17-14)13-3-7-16-8-4-13;/h11-13,16H,2-10H2,1H3;1H. The summed E-state index contributed by atoms with van der Waals surface area (Å²) < 4.78 is 1.88. The Morgan fingerprint density at radius 1 is 1.27 bits per heavy atom. The van der Waals surface area contributed by atoms with Gasteiger partial charge < -0.3 is 10.2 Å². The van der Waals surface area contributed by atoms with Gasteiger partial charge in [-0.25, -0.2) is 4.68 Å². The quantitative estimate of drug-likeness (QED) is 0.920. The summed E-state index contributed by atoms with van der Waals surface area (Å²) in [5.74, 6) is 0.823. The summed E-state index contributed by atoms with van der Waals surface area (Å²) in [6, 6.07) is 0.381. The Morgan fingerprint density at radius 2 is 1.95 bits per heavy atom. The molecule has 0 aliphatic carbocycles. The number of nitrogens with zero attached hydrogens (tertiary/aromatic N) is 4. The van der Waals surface area contributed by atoms with E-state index < -0.39 is 0 Å². The molecule has 22 heavy (non-hydrogen) atoms. The molecule has 2 aliphatic heterocycles. The monoisotopic (exact) mass is 327 g/mol. The Bertz CT molecular complexity index is 478. The van der Waals surface area contributed by atoms with Crippen LogP contribution < -0.4 is 5.32 Å². The first-order valence-corrected chi connectivity index (χ1v) is 8.19. The Morgan fingerprint density at radius 3 is 2.59 bits per heavy atom. The van der Waals surface area contributed by atoms with E-state index in [2.05, 4.69) is 22.6 Å². The summed E-state index contributed by atoms with van der Waals surface area (Å²) in [4.78, 5) is 14.4. The number of hydrogen-bond donors (Lipinski definition) is 1. The molecule has 124 valence electrons. The predicted octanol–water partition coefficient (Wildman–Crippen LogP) is 1.89. The van der Waals surface area contributed by atoms with E-state index >= 15 is 0 Å². The van der Waals surface area contributed by atoms with Gasteiger partial charge in [-0.3, -0.25) is 4.79 Å². The fourth-order valence-corrected chi connectivity index (χ4v) is 3.33. The van der Waals surface area contributed by atoms with E-state index in [-0.39, 0.29) is 18.3 Å². The minimum Gasteiger partial charge on any atom is -0.337 e. The summed E-state index contributed by atoms with van der Waals surface area (Å²) in [6.45, 7) is 5.97. The highest BCUT2D eigenvalue weighted by Gasteiger charge is 2.25. The second-order valence-electron chi connectivity index (χ2n) is 6.21. The molecule has 0 radical (unpaired) electrons. The highest BCUT2D eigenvalue weighted by molar-refractivity contribution is 5.92. The molecule has 7 heteroatoms. The maximum absolute atomic E-state index is 12.5. The first-order valence-electron chi connectivity index (χ1n) is 8.19. The third kappa shape index (κ3) is 3.79. The number of carbonyl (C=O) groups excluding carboxylic acids is 1. The Balaban J connectivity index is 0.00000176. The van der Waals surface area contributed by atoms with Crippen LogP contribution in [0.15, 0.2) is 6.20 Å². The molecule has 0 unspecified atom stereocenters. The highest BCUT2D eigenvalue weighted by atomic mass is 35.5. The Kier molecular flexibility index (Phi) is 6.20. The van der Waals surface area contributed by atoms with E-state index in [1.807, 2.05) is 15.8 Å². The van der Waals surface area contributed by atoms with Gasteiger partial charge in [0.25, 0.3) is 5.91 Å². The van der Waals surface area contributed by atoms with Crippen LogP contribution in [0.4, 0.5) is 0 Å². The molecule has 1 N–H and O–H groups in total. The fourth-order valence-electron chi connectivity index (χ4n) is 3.33. The van der Waals surface area contributed by atoms with E-state index in [1.165, 1.54) is 6.42 Å². The molecule has 2 saturated heterocycles. The van der Waals surface area contributed by atoms with Gasteiger partial charge in [0.15, 0.2) is 5.69 Å². The molecule has 1 aromatic rings. The molecule has 3 heterocycles. The van der Waals surface area contributed by atoms with E-state index in [1.54, 1.807) is 0 Å². The number of carbonyl (C=O) groups is 1. The van der Waals surface area contributed by atoms with E-state index in [9.17, 15) is 4.79 Å². The van der Waals surface area contributed by atoms with Gasteiger partial charge >= 0.3 is 0 Å². The maximum atomic E-state index is 12.5. The van der Waals surface area contributed by atoms with Crippen molar-refractivity contribution in [3.05, 3.63) is 11.9 Å². The molecule has 1 aromatic heterocycles. The first kappa shape index (κ1) is 17.2. The highest BCUT2D eigenvalue weighted by Crippen LogP contribution is 2.22. The predicted molar refractivity (Wildman–Crippen MR) is 87.3 cm³/mol. The third-order valence-corrected chi connectivity index (χ3v) is 4.89. The Hall–Kier alpha value is -1.14. The van der Waals surface area contributed by atoms with Crippen LogP contribution in [0, 0.1) is 5.92 Å². The average Bonchev–Trinajstić information content (AvgIpc) is 3.05. The van der Waals surface area contributed by atoms with Gasteiger partial charge in [-0.05, 0) is 44.7 Å². The van der Waals surface area contributed by atoms with Crippen LogP contribution in [-0.2, 0) is 0 Å². The molecular weight excluding hydrogens is 302 g/mol. The number of piperidine rings is 2. The van der Waals surface area contributed by atoms with Gasteiger partial charge in [0.2, 0.25) is 0 Å². The number of amides is 1. The van der Waals surface area contributed by atoms with Crippen LogP contribution in [0.2, 0.25) is 0 Å². The van der Waals surface area contributed by atoms with E-state index in [4.69, 9.17) is 0 Å². The number of hydrogen-bond acceptors (Lipinski definition) is 4. The zero-order valence-corrected chi connectivity index (χ0v) is 14.0. The Labute approximate surface area is 138 Å². The second kappa shape index (κ2) is 7.92. The average molecular weight is 328 g/mol. The molecule has 3 rings (SSSR count). The SMILES string of the molecule is CCC1CCN(C(=O)c2cn(C3CCNCC3)nn2)CC1.Cl. The molecule has 0 aromatic carbocycles. The maximum Gasteiger partial charge on any atom is 0.276 e. The van der Waals surface area contributed by atoms with Crippen molar-refractivity contribution in [1.29, 1.82) is 0 Å². The summed E-state index contributed by atoms with van der Waals surface area (Å²) in [5, 5.41) is 11.6. The van der Waals surface area contributed by atoms with Gasteiger partial charge in [-0.15, -0.1) is 17.5 Å². The normalized spacial score (nSPS) is 20.7. The van der Waals surface area contributed by atoms with E-state index in [0.29, 0.717) is 11.7 Å². The van der Waals surface area contributed by atoms with Gasteiger partial charge in [0.05, 0.1) is 12.2 Å². The van der Waals surface area contributed by atoms with Crippen molar-refractivity contribution < 1.29 is 4.79 Å². The molecular formula is C15H26ClN5O. The van der Waals surface area contributed by atoms with Gasteiger partial charge in [0.1, 0.15) is 0 Å². The van der Waals surface area contributed by atoms with Crippen molar-refractivity contribution in [3.63, 3.8) is 0 Å². The molecule has 0 bridgehead atoms. The summed E-state index contributed by atoms with van der Waals surface area (Å²) in [5.41, 5.74) is 0.503. The lowest BCUT2D eigenvalue weighted by atomic mass is 9.94. The number of rotatable bonds is 3. The molecule has 0 atom stereocenters. The third-order valence-electron chi connectivity index (χ3n) is 4.89. The van der Waals surface area contributed by atoms with Crippen molar-refractivity contribution in [3.8, 4) is 0 Å². The zero-order chi connectivity index (χ0) is 14.7. The lowest BCUT2D eigenvalue weighted by molar-refractivity contribution is 0.0682. The van der Waals surface area contributed by atoms with Crippen molar-refractivity contribution >= 4 is 18.3 Å². The van der Waals surface area contributed by atoms with Crippen LogP contribution in [0.25, 0.3) is 0 Å².